The monoisotopic (exact) mass is 205 g/mol. The molecule has 0 saturated heterocycles. The van der Waals surface area contributed by atoms with Crippen molar-refractivity contribution in [1.29, 1.82) is 0 Å². The Morgan fingerprint density at radius 3 is 2.50 bits per heavy atom. The highest BCUT2D eigenvalue weighted by molar-refractivity contribution is 8.17. The van der Waals surface area contributed by atoms with Crippen LogP contribution in [0.5, 0.6) is 0 Å². The standard InChI is InChI=1S/C4H3Cl2F2NS/c5-3-9-4(6,1-10-3)2(7)8/h2H,1H2. The van der Waals surface area contributed by atoms with E-state index in [2.05, 4.69) is 4.99 Å². The smallest absolute Gasteiger partial charge is 0.237 e. The van der Waals surface area contributed by atoms with Crippen molar-refractivity contribution in [1.82, 2.24) is 0 Å². The van der Waals surface area contributed by atoms with Crippen LogP contribution in [0, 0.1) is 0 Å². The Hall–Kier alpha value is 0.460. The van der Waals surface area contributed by atoms with Crippen LogP contribution < -0.4 is 0 Å². The van der Waals surface area contributed by atoms with Gasteiger partial charge in [-0.2, -0.15) is 0 Å². The van der Waals surface area contributed by atoms with E-state index in [0.717, 1.165) is 11.8 Å². The number of halogens is 4. The van der Waals surface area contributed by atoms with Gasteiger partial charge < -0.3 is 0 Å². The molecule has 1 aliphatic heterocycles. The van der Waals surface area contributed by atoms with E-state index in [-0.39, 0.29) is 10.3 Å². The minimum absolute atomic E-state index is 0.0467. The molecule has 0 aromatic heterocycles. The molecule has 0 N–H and O–H groups in total. The molecule has 0 radical (unpaired) electrons. The number of rotatable bonds is 1. The zero-order valence-electron chi connectivity index (χ0n) is 4.65. The predicted molar refractivity (Wildman–Crippen MR) is 40.3 cm³/mol. The summed E-state index contributed by atoms with van der Waals surface area (Å²) in [5.41, 5.74) is 0. The summed E-state index contributed by atoms with van der Waals surface area (Å²) in [5.74, 6) is 0.0467. The fourth-order valence-electron chi connectivity index (χ4n) is 0.483. The van der Waals surface area contributed by atoms with Crippen LogP contribution in [0.3, 0.4) is 0 Å². The molecule has 1 aliphatic rings. The van der Waals surface area contributed by atoms with Gasteiger partial charge in [-0.25, -0.2) is 13.8 Å². The first kappa shape index (κ1) is 8.56. The number of hydrogen-bond donors (Lipinski definition) is 0. The first-order valence-electron chi connectivity index (χ1n) is 2.40. The third kappa shape index (κ3) is 1.54. The molecule has 0 aliphatic carbocycles. The van der Waals surface area contributed by atoms with E-state index < -0.39 is 11.4 Å². The number of alkyl halides is 3. The minimum atomic E-state index is -2.65. The van der Waals surface area contributed by atoms with Crippen molar-refractivity contribution in [2.45, 2.75) is 11.4 Å². The van der Waals surface area contributed by atoms with Crippen LogP contribution >= 0.6 is 35.0 Å². The van der Waals surface area contributed by atoms with E-state index in [1.807, 2.05) is 0 Å². The average Bonchev–Trinajstić information content (AvgIpc) is 2.13. The topological polar surface area (TPSA) is 12.4 Å². The second kappa shape index (κ2) is 2.83. The van der Waals surface area contributed by atoms with Crippen molar-refractivity contribution >= 4 is 39.5 Å². The molecular weight excluding hydrogens is 203 g/mol. The highest BCUT2D eigenvalue weighted by Crippen LogP contribution is 2.37. The van der Waals surface area contributed by atoms with Gasteiger partial charge in [-0.15, -0.1) is 0 Å². The van der Waals surface area contributed by atoms with Gasteiger partial charge in [0, 0.05) is 5.75 Å². The highest BCUT2D eigenvalue weighted by Gasteiger charge is 2.42. The molecule has 0 aromatic carbocycles. The summed E-state index contributed by atoms with van der Waals surface area (Å²) in [5, 5.41) is 0. The second-order valence-corrected chi connectivity index (χ2v) is 3.97. The van der Waals surface area contributed by atoms with E-state index >= 15 is 0 Å². The van der Waals surface area contributed by atoms with Crippen LogP contribution in [-0.4, -0.2) is 21.7 Å². The number of thioether (sulfide) groups is 1. The number of hydrogen-bond acceptors (Lipinski definition) is 2. The molecule has 1 rings (SSSR count). The fourth-order valence-corrected chi connectivity index (χ4v) is 1.88. The Bertz CT molecular complexity index is 175. The molecule has 0 fully saturated rings. The lowest BCUT2D eigenvalue weighted by atomic mass is 10.4. The molecule has 1 nitrogen and oxygen atoms in total. The highest BCUT2D eigenvalue weighted by atomic mass is 35.5. The van der Waals surface area contributed by atoms with Gasteiger partial charge in [0.05, 0.1) is 0 Å². The van der Waals surface area contributed by atoms with Gasteiger partial charge in [0.25, 0.3) is 6.43 Å². The van der Waals surface area contributed by atoms with E-state index in [0.29, 0.717) is 0 Å². The molecule has 10 heavy (non-hydrogen) atoms. The summed E-state index contributed by atoms with van der Waals surface area (Å²) in [6.45, 7) is 0. The third-order valence-corrected chi connectivity index (χ3v) is 2.87. The molecular formula is C4H3Cl2F2NS. The Labute approximate surface area is 70.8 Å². The van der Waals surface area contributed by atoms with Crippen LogP contribution in [0.4, 0.5) is 8.78 Å². The van der Waals surface area contributed by atoms with Crippen molar-refractivity contribution < 1.29 is 8.78 Å². The lowest BCUT2D eigenvalue weighted by Gasteiger charge is -2.13. The SMILES string of the molecule is FC(F)C1(Cl)CSC(Cl)=N1. The van der Waals surface area contributed by atoms with Crippen molar-refractivity contribution in [3.8, 4) is 0 Å². The summed E-state index contributed by atoms with van der Waals surface area (Å²) in [7, 11) is 0. The molecule has 1 unspecified atom stereocenters. The molecule has 0 amide bonds. The first-order valence-corrected chi connectivity index (χ1v) is 4.14. The average molecular weight is 206 g/mol. The number of aliphatic imine (C=N–C) groups is 1. The Kier molecular flexibility index (Phi) is 2.42. The largest absolute Gasteiger partial charge is 0.277 e. The van der Waals surface area contributed by atoms with Gasteiger partial charge in [-0.05, 0) is 0 Å². The molecule has 0 saturated carbocycles. The Balaban J connectivity index is 2.72. The molecule has 1 heterocycles. The van der Waals surface area contributed by atoms with Crippen molar-refractivity contribution in [2.24, 2.45) is 4.99 Å². The molecule has 0 spiro atoms. The van der Waals surface area contributed by atoms with E-state index in [1.54, 1.807) is 0 Å². The van der Waals surface area contributed by atoms with Crippen molar-refractivity contribution in [3.63, 3.8) is 0 Å². The van der Waals surface area contributed by atoms with Crippen LogP contribution in [0.1, 0.15) is 0 Å². The molecule has 0 bridgehead atoms. The maximum Gasteiger partial charge on any atom is 0.277 e. The van der Waals surface area contributed by atoms with Crippen molar-refractivity contribution in [3.05, 3.63) is 0 Å². The van der Waals surface area contributed by atoms with Gasteiger partial charge in [0.15, 0.2) is 4.50 Å². The maximum absolute atomic E-state index is 12.0. The van der Waals surface area contributed by atoms with Gasteiger partial charge in [0.1, 0.15) is 0 Å². The van der Waals surface area contributed by atoms with Crippen LogP contribution in [-0.2, 0) is 0 Å². The number of nitrogens with zero attached hydrogens (tertiary/aromatic N) is 1. The summed E-state index contributed by atoms with van der Waals surface area (Å²) in [6.07, 6.45) is -2.65. The molecule has 1 atom stereocenters. The van der Waals surface area contributed by atoms with E-state index in [9.17, 15) is 8.78 Å². The summed E-state index contributed by atoms with van der Waals surface area (Å²) < 4.78 is 24.1. The fraction of sp³-hybridized carbons (Fsp3) is 0.750. The first-order chi connectivity index (χ1) is 4.54. The summed E-state index contributed by atoms with van der Waals surface area (Å²) in [4.78, 5) is 1.60. The molecule has 6 heteroatoms. The minimum Gasteiger partial charge on any atom is -0.237 e. The van der Waals surface area contributed by atoms with E-state index in [4.69, 9.17) is 23.2 Å². The van der Waals surface area contributed by atoms with Crippen LogP contribution in [0.15, 0.2) is 4.99 Å². The summed E-state index contributed by atoms with van der Waals surface area (Å²) >= 11 is 11.7. The van der Waals surface area contributed by atoms with Gasteiger partial charge in [-0.1, -0.05) is 35.0 Å². The Morgan fingerprint density at radius 2 is 2.30 bits per heavy atom. The molecule has 0 aromatic rings. The normalized spacial score (nSPS) is 33.1. The zero-order chi connectivity index (χ0) is 7.78. The lowest BCUT2D eigenvalue weighted by Crippen LogP contribution is -2.28. The predicted octanol–water partition coefficient (Wildman–Crippen LogP) is 2.53. The molecule has 58 valence electrons. The zero-order valence-corrected chi connectivity index (χ0v) is 6.98. The van der Waals surface area contributed by atoms with Gasteiger partial charge in [0.2, 0.25) is 5.00 Å². The van der Waals surface area contributed by atoms with Crippen molar-refractivity contribution in [2.75, 3.05) is 5.75 Å². The van der Waals surface area contributed by atoms with Gasteiger partial charge >= 0.3 is 0 Å². The van der Waals surface area contributed by atoms with E-state index in [1.165, 1.54) is 0 Å². The van der Waals surface area contributed by atoms with Crippen LogP contribution in [0.2, 0.25) is 0 Å². The maximum atomic E-state index is 12.0. The Morgan fingerprint density at radius 1 is 1.70 bits per heavy atom. The van der Waals surface area contributed by atoms with Gasteiger partial charge in [-0.3, -0.25) is 0 Å². The quantitative estimate of drug-likeness (QED) is 0.474. The van der Waals surface area contributed by atoms with Crippen LogP contribution in [0.25, 0.3) is 0 Å². The third-order valence-electron chi connectivity index (χ3n) is 1.00. The second-order valence-electron chi connectivity index (χ2n) is 1.77. The summed E-state index contributed by atoms with van der Waals surface area (Å²) in [6, 6.07) is 0. The lowest BCUT2D eigenvalue weighted by molar-refractivity contribution is 0.109.